The summed E-state index contributed by atoms with van der Waals surface area (Å²) in [5.41, 5.74) is 3.92. The summed E-state index contributed by atoms with van der Waals surface area (Å²) in [6.07, 6.45) is 10.9. The van der Waals surface area contributed by atoms with Gasteiger partial charge in [0, 0.05) is 29.6 Å². The van der Waals surface area contributed by atoms with Crippen LogP contribution in [0.4, 0.5) is 26.0 Å². The third-order valence-electron chi connectivity index (χ3n) is 7.04. The van der Waals surface area contributed by atoms with Crippen LogP contribution < -0.4 is 21.3 Å². The van der Waals surface area contributed by atoms with Crippen molar-refractivity contribution < 1.29 is 8.78 Å². The number of hydrogen-bond acceptors (Lipinski definition) is 7. The molecule has 3 aliphatic rings. The second kappa shape index (κ2) is 9.91. The molecule has 1 aliphatic carbocycles. The summed E-state index contributed by atoms with van der Waals surface area (Å²) in [6, 6.07) is 7.70. The fourth-order valence-electron chi connectivity index (χ4n) is 5.03. The van der Waals surface area contributed by atoms with E-state index >= 15 is 0 Å². The molecular weight excluding hydrogens is 460 g/mol. The number of para-hydroxylation sites is 1. The second-order valence-electron chi connectivity index (χ2n) is 9.67. The van der Waals surface area contributed by atoms with Crippen LogP contribution in [0, 0.1) is 11.6 Å². The van der Waals surface area contributed by atoms with E-state index in [1.54, 1.807) is 12.3 Å². The minimum atomic E-state index is -0.676. The summed E-state index contributed by atoms with van der Waals surface area (Å²) in [6.45, 7) is 2.03. The molecule has 2 unspecified atom stereocenters. The zero-order chi connectivity index (χ0) is 24.5. The maximum atomic E-state index is 14.2. The van der Waals surface area contributed by atoms with Crippen molar-refractivity contribution in [3.05, 3.63) is 77.2 Å². The highest BCUT2D eigenvalue weighted by Crippen LogP contribution is 2.46. The number of fused-ring (bicyclic) bond motifs is 1. The first kappa shape index (κ1) is 23.0. The van der Waals surface area contributed by atoms with Crippen molar-refractivity contribution in [2.24, 2.45) is 4.99 Å². The second-order valence-corrected chi connectivity index (χ2v) is 9.67. The number of aromatic nitrogens is 2. The molecule has 1 saturated heterocycles. The fourth-order valence-corrected chi connectivity index (χ4v) is 5.03. The van der Waals surface area contributed by atoms with Gasteiger partial charge in [0.2, 0.25) is 0 Å². The number of benzene rings is 1. The lowest BCUT2D eigenvalue weighted by Gasteiger charge is -2.31. The number of hydrogen-bond donors (Lipinski definition) is 4. The molecule has 36 heavy (non-hydrogen) atoms. The largest absolute Gasteiger partial charge is 0.338 e. The van der Waals surface area contributed by atoms with Gasteiger partial charge >= 0.3 is 0 Å². The van der Waals surface area contributed by atoms with Crippen molar-refractivity contribution in [2.75, 3.05) is 23.7 Å². The Hall–Kier alpha value is -3.43. The fraction of sp³-hybridized carbons (Fsp3) is 0.370. The van der Waals surface area contributed by atoms with Crippen molar-refractivity contribution in [3.63, 3.8) is 0 Å². The monoisotopic (exact) mass is 489 g/mol. The molecule has 0 spiro atoms. The average molecular weight is 490 g/mol. The number of nitrogens with zero attached hydrogens (tertiary/aromatic N) is 3. The predicted octanol–water partition coefficient (Wildman–Crippen LogP) is 4.98. The van der Waals surface area contributed by atoms with Crippen molar-refractivity contribution in [2.45, 2.75) is 50.2 Å². The van der Waals surface area contributed by atoms with E-state index in [1.165, 1.54) is 42.2 Å². The third-order valence-corrected chi connectivity index (χ3v) is 7.04. The Bertz CT molecular complexity index is 1260. The van der Waals surface area contributed by atoms with E-state index in [4.69, 9.17) is 4.99 Å². The highest BCUT2D eigenvalue weighted by Gasteiger charge is 2.34. The molecule has 0 bridgehead atoms. The van der Waals surface area contributed by atoms with E-state index in [-0.39, 0.29) is 11.9 Å². The first-order valence-corrected chi connectivity index (χ1v) is 12.6. The Morgan fingerprint density at radius 2 is 1.83 bits per heavy atom. The molecule has 2 aromatic heterocycles. The normalized spacial score (nSPS) is 21.7. The lowest BCUT2D eigenvalue weighted by atomic mass is 9.98. The summed E-state index contributed by atoms with van der Waals surface area (Å²) >= 11 is 0. The third kappa shape index (κ3) is 4.81. The molecule has 4 N–H and O–H groups in total. The van der Waals surface area contributed by atoms with Crippen molar-refractivity contribution in [1.29, 1.82) is 0 Å². The Balaban J connectivity index is 1.33. The Morgan fingerprint density at radius 3 is 2.67 bits per heavy atom. The van der Waals surface area contributed by atoms with Crippen LogP contribution in [-0.2, 0) is 0 Å². The Labute approximate surface area is 208 Å². The summed E-state index contributed by atoms with van der Waals surface area (Å²) in [5.74, 6) is 0.186. The smallest absolute Gasteiger partial charge is 0.149 e. The van der Waals surface area contributed by atoms with E-state index in [2.05, 4.69) is 31.2 Å². The molecule has 2 aliphatic heterocycles. The van der Waals surface area contributed by atoms with Gasteiger partial charge in [-0.3, -0.25) is 10.3 Å². The minimum Gasteiger partial charge on any atom is -0.338 e. The summed E-state index contributed by atoms with van der Waals surface area (Å²) in [5, 5.41) is 13.5. The van der Waals surface area contributed by atoms with Gasteiger partial charge in [0.1, 0.15) is 35.1 Å². The van der Waals surface area contributed by atoms with Gasteiger partial charge in [0.05, 0.1) is 11.9 Å². The average Bonchev–Trinajstić information content (AvgIpc) is 3.75. The first-order valence-electron chi connectivity index (χ1n) is 12.6. The van der Waals surface area contributed by atoms with Crippen molar-refractivity contribution in [1.82, 2.24) is 20.6 Å². The molecule has 7 nitrogen and oxygen atoms in total. The molecule has 0 amide bonds. The molecule has 186 valence electrons. The van der Waals surface area contributed by atoms with Crippen LogP contribution in [0.5, 0.6) is 0 Å². The zero-order valence-electron chi connectivity index (χ0n) is 19.9. The van der Waals surface area contributed by atoms with Gasteiger partial charge in [-0.25, -0.2) is 18.8 Å². The molecule has 6 rings (SSSR count). The molecule has 0 radical (unpaired) electrons. The predicted molar refractivity (Wildman–Crippen MR) is 137 cm³/mol. The highest BCUT2D eigenvalue weighted by atomic mass is 19.1. The molecule has 2 atom stereocenters. The van der Waals surface area contributed by atoms with E-state index in [0.717, 1.165) is 43.6 Å². The van der Waals surface area contributed by atoms with Gasteiger partial charge in [-0.05, 0) is 80.9 Å². The SMILES string of the molecule is Fc1cccc(F)c1Nc1cc(C2=NC(NC3CCCNCC3)c3c(cncc3C3CC3)N2)ccn1. The molecule has 1 aromatic carbocycles. The van der Waals surface area contributed by atoms with Crippen LogP contribution in [-0.4, -0.2) is 34.9 Å². The molecule has 4 heterocycles. The van der Waals surface area contributed by atoms with Crippen molar-refractivity contribution >= 4 is 23.0 Å². The Kier molecular flexibility index (Phi) is 6.33. The number of rotatable bonds is 6. The van der Waals surface area contributed by atoms with E-state index < -0.39 is 11.6 Å². The van der Waals surface area contributed by atoms with Crippen LogP contribution >= 0.6 is 0 Å². The van der Waals surface area contributed by atoms with Gasteiger partial charge in [-0.15, -0.1) is 0 Å². The van der Waals surface area contributed by atoms with Gasteiger partial charge in [-0.1, -0.05) is 6.07 Å². The van der Waals surface area contributed by atoms with Crippen molar-refractivity contribution in [3.8, 4) is 0 Å². The zero-order valence-corrected chi connectivity index (χ0v) is 19.9. The number of pyridine rings is 2. The quantitative estimate of drug-likeness (QED) is 0.391. The summed E-state index contributed by atoms with van der Waals surface area (Å²) < 4.78 is 28.4. The summed E-state index contributed by atoms with van der Waals surface area (Å²) in [7, 11) is 0. The molecule has 1 saturated carbocycles. The van der Waals surface area contributed by atoms with Crippen LogP contribution in [0.25, 0.3) is 0 Å². The molecule has 3 aromatic rings. The number of aliphatic imine (C=N–C) groups is 1. The number of anilines is 3. The topological polar surface area (TPSA) is 86.3 Å². The van der Waals surface area contributed by atoms with Gasteiger partial charge in [-0.2, -0.15) is 0 Å². The van der Waals surface area contributed by atoms with Gasteiger partial charge in [0.25, 0.3) is 0 Å². The maximum Gasteiger partial charge on any atom is 0.149 e. The number of nitrogens with one attached hydrogen (secondary N) is 4. The Morgan fingerprint density at radius 1 is 0.972 bits per heavy atom. The van der Waals surface area contributed by atoms with E-state index in [0.29, 0.717) is 23.6 Å². The molecular formula is C27H29F2N7. The maximum absolute atomic E-state index is 14.2. The lowest BCUT2D eigenvalue weighted by Crippen LogP contribution is -2.37. The van der Waals surface area contributed by atoms with Crippen LogP contribution in [0.2, 0.25) is 0 Å². The molecule has 9 heteroatoms. The van der Waals surface area contributed by atoms with Crippen LogP contribution in [0.15, 0.2) is 53.9 Å². The summed E-state index contributed by atoms with van der Waals surface area (Å²) in [4.78, 5) is 13.9. The van der Waals surface area contributed by atoms with E-state index in [9.17, 15) is 8.78 Å². The molecule has 2 fully saturated rings. The number of amidine groups is 1. The highest BCUT2D eigenvalue weighted by molar-refractivity contribution is 6.10. The van der Waals surface area contributed by atoms with Crippen LogP contribution in [0.3, 0.4) is 0 Å². The standard InChI is InChI=1S/C27H29F2N7/c28-20-4-1-5-21(29)25(20)35-23-13-17(8-12-32-23)26-34-22-15-31-14-19(16-6-7-16)24(22)27(36-26)33-18-3-2-10-30-11-9-18/h1,4-5,8,12-16,18,27,30,33H,2-3,6-7,9-11H2,(H,32,35)(H,34,36). The van der Waals surface area contributed by atoms with E-state index in [1.807, 2.05) is 18.5 Å². The van der Waals surface area contributed by atoms with Crippen LogP contribution in [0.1, 0.15) is 60.9 Å². The lowest BCUT2D eigenvalue weighted by molar-refractivity contribution is 0.410. The van der Waals surface area contributed by atoms with Gasteiger partial charge < -0.3 is 16.0 Å². The number of halogens is 2. The minimum absolute atomic E-state index is 0.202. The van der Waals surface area contributed by atoms with Gasteiger partial charge in [0.15, 0.2) is 0 Å². The first-order chi connectivity index (χ1) is 17.7.